The molecule has 0 saturated carbocycles. The van der Waals surface area contributed by atoms with E-state index in [1.165, 1.54) is 0 Å². The molecule has 4 saturated heterocycles. The van der Waals surface area contributed by atoms with Gasteiger partial charge in [-0.1, -0.05) is 94.9 Å². The Hall–Kier alpha value is -8.98. The number of likely N-dealkylation sites (tertiary alicyclic amines) is 2. The molecule has 4 atom stereocenters. The van der Waals surface area contributed by atoms with Gasteiger partial charge in [0.1, 0.15) is 11.5 Å². The first-order valence-corrected chi connectivity index (χ1v) is 36.7. The van der Waals surface area contributed by atoms with Gasteiger partial charge >= 0.3 is 0 Å². The summed E-state index contributed by atoms with van der Waals surface area (Å²) in [5.74, 6) is 1.50. The first kappa shape index (κ1) is 73.3. The van der Waals surface area contributed by atoms with E-state index in [0.717, 1.165) is 96.6 Å². The van der Waals surface area contributed by atoms with Crippen molar-refractivity contribution in [2.75, 3.05) is 78.2 Å². The van der Waals surface area contributed by atoms with Crippen molar-refractivity contribution in [3.8, 4) is 56.3 Å². The smallest absolute Gasteiger partial charge is 0.291 e. The molecule has 6 N–H and O–H groups in total. The molecule has 10 heterocycles. The predicted octanol–water partition coefficient (Wildman–Crippen LogP) is 10.1. The normalized spacial score (nSPS) is 18.7. The average Bonchev–Trinajstić information content (AvgIpc) is 1.46. The maximum Gasteiger partial charge on any atom is 0.291 e. The van der Waals surface area contributed by atoms with E-state index >= 15 is 0 Å². The second-order valence-corrected chi connectivity index (χ2v) is 28.8. The van der Waals surface area contributed by atoms with Crippen LogP contribution >= 0.6 is 46.4 Å². The van der Waals surface area contributed by atoms with Crippen molar-refractivity contribution in [3.05, 3.63) is 163 Å². The van der Waals surface area contributed by atoms with Crippen molar-refractivity contribution in [1.29, 1.82) is 0 Å². The van der Waals surface area contributed by atoms with Crippen LogP contribution in [0.4, 0.5) is 11.4 Å². The highest BCUT2D eigenvalue weighted by Gasteiger charge is 2.37. The van der Waals surface area contributed by atoms with Crippen LogP contribution in [0.25, 0.3) is 44.8 Å². The average molecular weight is 1490 g/mol. The van der Waals surface area contributed by atoms with Crippen molar-refractivity contribution in [2.45, 2.75) is 115 Å². The third-order valence-electron chi connectivity index (χ3n) is 20.7. The Morgan fingerprint density at radius 3 is 1.31 bits per heavy atom. The molecule has 0 spiro atoms. The number of methoxy groups -OCH3 is 2. The number of rotatable bonds is 20. The van der Waals surface area contributed by atoms with Crippen LogP contribution in [0.1, 0.15) is 107 Å². The SMILES string of the molecule is COc1cc(-c2nccc(-c3cccc(NC(=O)c4nc5c(n4C)CCN(C(=O)[C@@H]4CCCN4C)C5)c3Cl)c2Cl)ccc1CNC[C@@H]1CCC(=O)N1.COc1cc(-c2nccc(-c3cccc(NC(=O)c4nc5c(n4C)CCN(C(=O)[C@@H]4CCCN4C)C5)c3Cl)c2Cl)ccc1CNC[C@@H]1CCC(=O)N1. The summed E-state index contributed by atoms with van der Waals surface area (Å²) in [6.07, 6.45) is 11.2. The zero-order valence-corrected chi connectivity index (χ0v) is 62.0. The Labute approximate surface area is 623 Å². The molecular formula is C76H84Cl4N16O8. The minimum Gasteiger partial charge on any atom is -0.496 e. The molecule has 4 aromatic carbocycles. The number of halogens is 4. The van der Waals surface area contributed by atoms with Crippen LogP contribution in [0.2, 0.25) is 20.1 Å². The van der Waals surface area contributed by atoms with Gasteiger partial charge in [0.15, 0.2) is 11.6 Å². The summed E-state index contributed by atoms with van der Waals surface area (Å²) in [6.45, 7) is 6.29. The minimum absolute atomic E-state index is 0.0932. The van der Waals surface area contributed by atoms with E-state index in [1.54, 1.807) is 50.9 Å². The zero-order chi connectivity index (χ0) is 73.0. The van der Waals surface area contributed by atoms with Gasteiger partial charge in [-0.25, -0.2) is 9.97 Å². The molecule has 4 aromatic heterocycles. The van der Waals surface area contributed by atoms with Gasteiger partial charge in [0, 0.05) is 159 Å². The highest BCUT2D eigenvalue weighted by atomic mass is 35.5. The molecule has 8 aromatic rings. The number of pyridine rings is 2. The van der Waals surface area contributed by atoms with Crippen molar-refractivity contribution in [1.82, 2.24) is 69.9 Å². The van der Waals surface area contributed by atoms with Crippen molar-refractivity contribution >= 4 is 93.2 Å². The Bertz CT molecular complexity index is 4350. The maximum absolute atomic E-state index is 13.7. The summed E-state index contributed by atoms with van der Waals surface area (Å²) in [4.78, 5) is 103. The van der Waals surface area contributed by atoms with Crippen molar-refractivity contribution in [3.63, 3.8) is 0 Å². The topological polar surface area (TPSA) is 267 Å². The van der Waals surface area contributed by atoms with Gasteiger partial charge in [0.05, 0.1) is 93.6 Å². The quantitative estimate of drug-likeness (QED) is 0.0414. The number of amides is 6. The molecule has 24 nitrogen and oxygen atoms in total. The lowest BCUT2D eigenvalue weighted by Crippen LogP contribution is -2.46. The van der Waals surface area contributed by atoms with E-state index in [4.69, 9.17) is 65.8 Å². The van der Waals surface area contributed by atoms with Crippen molar-refractivity contribution in [2.24, 2.45) is 14.1 Å². The number of fused-ring (bicyclic) bond motifs is 2. The fraction of sp³-hybridized carbons (Fsp3) is 0.395. The van der Waals surface area contributed by atoms with Gasteiger partial charge in [0.2, 0.25) is 23.6 Å². The van der Waals surface area contributed by atoms with Gasteiger partial charge in [0.25, 0.3) is 11.8 Å². The number of nitrogens with zero attached hydrogens (tertiary/aromatic N) is 10. The molecule has 0 bridgehead atoms. The summed E-state index contributed by atoms with van der Waals surface area (Å²) in [7, 11) is 10.9. The molecule has 104 heavy (non-hydrogen) atoms. The number of hydrogen-bond donors (Lipinski definition) is 6. The second kappa shape index (κ2) is 32.2. The first-order valence-electron chi connectivity index (χ1n) is 35.2. The van der Waals surface area contributed by atoms with E-state index in [1.807, 2.05) is 108 Å². The summed E-state index contributed by atoms with van der Waals surface area (Å²) >= 11 is 28.0. The number of anilines is 2. The zero-order valence-electron chi connectivity index (χ0n) is 58.9. The lowest BCUT2D eigenvalue weighted by molar-refractivity contribution is -0.137. The lowest BCUT2D eigenvalue weighted by Gasteiger charge is -2.31. The lowest BCUT2D eigenvalue weighted by atomic mass is 10.0. The number of imidazole rings is 2. The van der Waals surface area contributed by atoms with Gasteiger partial charge in [-0.2, -0.15) is 0 Å². The molecule has 6 aliphatic heterocycles. The Morgan fingerprint density at radius 2 is 0.933 bits per heavy atom. The van der Waals surface area contributed by atoms with E-state index in [2.05, 4.69) is 51.7 Å². The number of ether oxygens (including phenoxy) is 2. The van der Waals surface area contributed by atoms with Crippen LogP contribution in [0.15, 0.2) is 97.3 Å². The summed E-state index contributed by atoms with van der Waals surface area (Å²) in [5.41, 5.74) is 11.4. The van der Waals surface area contributed by atoms with Crippen LogP contribution in [-0.2, 0) is 72.3 Å². The number of likely N-dealkylation sites (N-methyl/N-ethyl adjacent to an activating group) is 2. The molecule has 544 valence electrons. The molecule has 0 radical (unpaired) electrons. The standard InChI is InChI=1S/2C38H42Cl2N8O4/c2*1-46-16-5-8-30(46)38(51)48-17-14-29-28(21-48)44-36(47(29)2)37(50)45-27-7-4-6-25(33(27)39)26-13-15-42-35(34(26)40)22-9-10-23(31(18-22)52-3)19-41-20-24-11-12-32(49)43-24/h2*4,6-7,9-10,13,15,18,24,30,41H,5,8,11-12,14,16-17,19-21H2,1-3H3,(H,43,49)(H,45,50)/t2*24-,30-/m00/s1. The maximum atomic E-state index is 13.7. The second-order valence-electron chi connectivity index (χ2n) is 27.3. The minimum atomic E-state index is -0.402. The molecule has 0 unspecified atom stereocenters. The number of hydrogen-bond acceptors (Lipinski definition) is 16. The number of nitrogens with one attached hydrogen (secondary N) is 6. The summed E-state index contributed by atoms with van der Waals surface area (Å²) < 4.78 is 15.1. The van der Waals surface area contributed by atoms with Crippen LogP contribution < -0.4 is 41.4 Å². The van der Waals surface area contributed by atoms with Gasteiger partial charge in [-0.15, -0.1) is 0 Å². The van der Waals surface area contributed by atoms with Crippen LogP contribution in [0, 0.1) is 0 Å². The monoisotopic (exact) mass is 1490 g/mol. The molecular weight excluding hydrogens is 1410 g/mol. The molecule has 6 amide bonds. The Morgan fingerprint density at radius 1 is 0.519 bits per heavy atom. The van der Waals surface area contributed by atoms with Crippen molar-refractivity contribution < 1.29 is 38.2 Å². The summed E-state index contributed by atoms with van der Waals surface area (Å²) in [6, 6.07) is 26.1. The molecule has 6 aliphatic rings. The largest absolute Gasteiger partial charge is 0.496 e. The van der Waals surface area contributed by atoms with Crippen LogP contribution in [-0.4, -0.2) is 176 Å². The molecule has 14 rings (SSSR count). The Balaban J connectivity index is 0.000000185. The molecule has 4 fully saturated rings. The molecule has 0 aliphatic carbocycles. The van der Waals surface area contributed by atoms with Gasteiger partial charge in [-0.05, 0) is 102 Å². The number of carbonyl (C=O) groups is 6. The Kier molecular flexibility index (Phi) is 22.7. The number of benzene rings is 4. The third-order valence-corrected chi connectivity index (χ3v) is 22.3. The predicted molar refractivity (Wildman–Crippen MR) is 401 cm³/mol. The third kappa shape index (κ3) is 15.6. The number of aromatic nitrogens is 6. The highest BCUT2D eigenvalue weighted by Crippen LogP contribution is 2.44. The summed E-state index contributed by atoms with van der Waals surface area (Å²) in [5, 5.41) is 20.1. The van der Waals surface area contributed by atoms with E-state index in [9.17, 15) is 28.8 Å². The van der Waals surface area contributed by atoms with Crippen LogP contribution in [0.3, 0.4) is 0 Å². The fourth-order valence-corrected chi connectivity index (χ4v) is 16.1. The van der Waals surface area contributed by atoms with E-state index in [0.29, 0.717) is 155 Å². The fourth-order valence-electron chi connectivity index (χ4n) is 14.9. The molecule has 28 heteroatoms. The van der Waals surface area contributed by atoms with E-state index < -0.39 is 11.8 Å². The van der Waals surface area contributed by atoms with E-state index in [-0.39, 0.29) is 59.4 Å². The van der Waals surface area contributed by atoms with Gasteiger partial charge in [-0.3, -0.25) is 48.5 Å². The number of carbonyl (C=O) groups excluding carboxylic acids is 6. The van der Waals surface area contributed by atoms with Gasteiger partial charge < -0.3 is 60.3 Å². The first-order chi connectivity index (χ1) is 50.2. The highest BCUT2D eigenvalue weighted by molar-refractivity contribution is 6.40. The van der Waals surface area contributed by atoms with Crippen LogP contribution in [0.5, 0.6) is 11.5 Å².